The summed E-state index contributed by atoms with van der Waals surface area (Å²) in [6, 6.07) is 0. The molecule has 0 radical (unpaired) electrons. The van der Waals surface area contributed by atoms with Gasteiger partial charge in [-0.1, -0.05) is 20.8 Å². The zero-order chi connectivity index (χ0) is 12.6. The van der Waals surface area contributed by atoms with Gasteiger partial charge in [-0.05, 0) is 5.41 Å². The summed E-state index contributed by atoms with van der Waals surface area (Å²) in [6.07, 6.45) is -1.07. The number of nitrogens with zero attached hydrogens (tertiary/aromatic N) is 1. The lowest BCUT2D eigenvalue weighted by Gasteiger charge is -2.43. The van der Waals surface area contributed by atoms with Crippen LogP contribution in [0.4, 0.5) is 4.79 Å². The van der Waals surface area contributed by atoms with E-state index >= 15 is 0 Å². The lowest BCUT2D eigenvalue weighted by molar-refractivity contribution is -0.158. The fourth-order valence-electron chi connectivity index (χ4n) is 1.32. The Morgan fingerprint density at radius 1 is 1.44 bits per heavy atom. The molecule has 3 N–H and O–H groups in total. The van der Waals surface area contributed by atoms with Crippen LogP contribution in [0.2, 0.25) is 0 Å². The summed E-state index contributed by atoms with van der Waals surface area (Å²) in [5.74, 6) is -0.528. The predicted molar refractivity (Wildman–Crippen MR) is 56.9 cm³/mol. The van der Waals surface area contributed by atoms with Gasteiger partial charge < -0.3 is 20.5 Å². The van der Waals surface area contributed by atoms with Crippen molar-refractivity contribution in [3.8, 4) is 0 Å². The first kappa shape index (κ1) is 12.8. The minimum atomic E-state index is -1.16. The molecule has 1 heterocycles. The van der Waals surface area contributed by atoms with Crippen molar-refractivity contribution in [1.29, 1.82) is 0 Å². The first-order valence-corrected chi connectivity index (χ1v) is 5.08. The van der Waals surface area contributed by atoms with Crippen LogP contribution < -0.4 is 5.73 Å². The van der Waals surface area contributed by atoms with Gasteiger partial charge in [-0.15, -0.1) is 0 Å². The van der Waals surface area contributed by atoms with Gasteiger partial charge in [0.1, 0.15) is 0 Å². The zero-order valence-corrected chi connectivity index (χ0v) is 9.82. The number of nitrogens with two attached hydrogens (primary N) is 1. The highest BCUT2D eigenvalue weighted by Gasteiger charge is 2.49. The van der Waals surface area contributed by atoms with Gasteiger partial charge in [-0.25, -0.2) is 9.59 Å². The molecule has 1 aliphatic rings. The Labute approximate surface area is 94.3 Å². The van der Waals surface area contributed by atoms with E-state index in [0.717, 1.165) is 4.90 Å². The SMILES string of the molecule is CC(C)(C)COC(=O)C1(N)CN(C(=O)O)C1. The molecule has 0 atom stereocenters. The second kappa shape index (κ2) is 3.93. The lowest BCUT2D eigenvalue weighted by atomic mass is 9.91. The maximum atomic E-state index is 11.6. The van der Waals surface area contributed by atoms with Gasteiger partial charge in [-0.3, -0.25) is 0 Å². The first-order valence-electron chi connectivity index (χ1n) is 5.08. The number of likely N-dealkylation sites (tertiary alicyclic amines) is 1. The molecule has 0 aliphatic carbocycles. The summed E-state index contributed by atoms with van der Waals surface area (Å²) < 4.78 is 5.06. The molecule has 0 aromatic carbocycles. The Kier molecular flexibility index (Phi) is 3.14. The van der Waals surface area contributed by atoms with Crippen molar-refractivity contribution in [1.82, 2.24) is 4.90 Å². The highest BCUT2D eigenvalue weighted by Crippen LogP contribution is 2.21. The fourth-order valence-corrected chi connectivity index (χ4v) is 1.32. The van der Waals surface area contributed by atoms with Gasteiger partial charge in [0.05, 0.1) is 19.7 Å². The number of rotatable bonds is 2. The second-order valence-corrected chi connectivity index (χ2v) is 5.43. The van der Waals surface area contributed by atoms with E-state index in [4.69, 9.17) is 15.6 Å². The van der Waals surface area contributed by atoms with Crippen LogP contribution in [0.1, 0.15) is 20.8 Å². The highest BCUT2D eigenvalue weighted by molar-refractivity contribution is 5.85. The Hall–Kier alpha value is -1.30. The van der Waals surface area contributed by atoms with E-state index in [0.29, 0.717) is 0 Å². The third-order valence-corrected chi connectivity index (χ3v) is 2.26. The van der Waals surface area contributed by atoms with Gasteiger partial charge in [-0.2, -0.15) is 0 Å². The third-order valence-electron chi connectivity index (χ3n) is 2.26. The zero-order valence-electron chi connectivity index (χ0n) is 9.82. The monoisotopic (exact) mass is 230 g/mol. The van der Waals surface area contributed by atoms with Crippen molar-refractivity contribution < 1.29 is 19.4 Å². The third kappa shape index (κ3) is 2.85. The van der Waals surface area contributed by atoms with Crippen LogP contribution in [-0.2, 0) is 9.53 Å². The molecule has 1 rings (SSSR count). The molecule has 1 fully saturated rings. The summed E-state index contributed by atoms with van der Waals surface area (Å²) >= 11 is 0. The number of amides is 1. The van der Waals surface area contributed by atoms with Crippen LogP contribution in [0.15, 0.2) is 0 Å². The molecule has 1 saturated heterocycles. The molecule has 6 heteroatoms. The van der Waals surface area contributed by atoms with Crippen LogP contribution >= 0.6 is 0 Å². The minimum Gasteiger partial charge on any atom is -0.465 e. The van der Waals surface area contributed by atoms with E-state index in [1.165, 1.54) is 0 Å². The molecule has 0 bridgehead atoms. The van der Waals surface area contributed by atoms with E-state index in [9.17, 15) is 9.59 Å². The molecule has 92 valence electrons. The van der Waals surface area contributed by atoms with Gasteiger partial charge >= 0.3 is 12.1 Å². The molecule has 1 aliphatic heterocycles. The van der Waals surface area contributed by atoms with E-state index in [-0.39, 0.29) is 25.1 Å². The standard InChI is InChI=1S/C10H18N2O4/c1-9(2,3)6-16-7(13)10(11)4-12(5-10)8(14)15/h4-6,11H2,1-3H3,(H,14,15). The molecule has 6 nitrogen and oxygen atoms in total. The van der Waals surface area contributed by atoms with Crippen LogP contribution in [0.5, 0.6) is 0 Å². The number of carbonyl (C=O) groups excluding carboxylic acids is 1. The minimum absolute atomic E-state index is 0.00527. The average molecular weight is 230 g/mol. The summed E-state index contributed by atoms with van der Waals surface area (Å²) in [5, 5.41) is 8.62. The van der Waals surface area contributed by atoms with Gasteiger partial charge in [0.2, 0.25) is 0 Å². The van der Waals surface area contributed by atoms with Crippen LogP contribution in [0.3, 0.4) is 0 Å². The predicted octanol–water partition coefficient (Wildman–Crippen LogP) is 0.267. The van der Waals surface area contributed by atoms with Crippen LogP contribution in [0, 0.1) is 5.41 Å². The Morgan fingerprint density at radius 2 is 1.94 bits per heavy atom. The maximum absolute atomic E-state index is 11.6. The van der Waals surface area contributed by atoms with Crippen LogP contribution in [-0.4, -0.2) is 47.3 Å². The van der Waals surface area contributed by atoms with E-state index in [2.05, 4.69) is 0 Å². The summed E-state index contributed by atoms with van der Waals surface area (Å²) in [7, 11) is 0. The molecule has 0 aromatic heterocycles. The van der Waals surface area contributed by atoms with Crippen molar-refractivity contribution >= 4 is 12.1 Å². The molecule has 0 unspecified atom stereocenters. The van der Waals surface area contributed by atoms with Crippen molar-refractivity contribution in [2.75, 3.05) is 19.7 Å². The number of carbonyl (C=O) groups is 2. The quantitative estimate of drug-likeness (QED) is 0.664. The van der Waals surface area contributed by atoms with Crippen molar-refractivity contribution in [2.24, 2.45) is 11.1 Å². The largest absolute Gasteiger partial charge is 0.465 e. The molecular weight excluding hydrogens is 212 g/mol. The topological polar surface area (TPSA) is 92.9 Å². The number of hydrogen-bond donors (Lipinski definition) is 2. The van der Waals surface area contributed by atoms with Crippen LogP contribution in [0.25, 0.3) is 0 Å². The first-order chi connectivity index (χ1) is 7.14. The van der Waals surface area contributed by atoms with Gasteiger partial charge in [0.15, 0.2) is 5.54 Å². The van der Waals surface area contributed by atoms with E-state index in [1.54, 1.807) is 0 Å². The van der Waals surface area contributed by atoms with Crippen molar-refractivity contribution in [2.45, 2.75) is 26.3 Å². The molecule has 0 spiro atoms. The number of ether oxygens (including phenoxy) is 1. The number of esters is 1. The number of carboxylic acid groups (broad SMARTS) is 1. The van der Waals surface area contributed by atoms with Crippen molar-refractivity contribution in [3.63, 3.8) is 0 Å². The Morgan fingerprint density at radius 3 is 2.31 bits per heavy atom. The summed E-state index contributed by atoms with van der Waals surface area (Å²) in [4.78, 5) is 23.2. The highest BCUT2D eigenvalue weighted by atomic mass is 16.5. The van der Waals surface area contributed by atoms with Gasteiger partial charge in [0, 0.05) is 0 Å². The maximum Gasteiger partial charge on any atom is 0.407 e. The lowest BCUT2D eigenvalue weighted by Crippen LogP contribution is -2.72. The smallest absolute Gasteiger partial charge is 0.407 e. The number of hydrogen-bond acceptors (Lipinski definition) is 4. The summed E-state index contributed by atoms with van der Waals surface area (Å²) in [6.45, 7) is 6.10. The van der Waals surface area contributed by atoms with Crippen molar-refractivity contribution in [3.05, 3.63) is 0 Å². The van der Waals surface area contributed by atoms with Gasteiger partial charge in [0.25, 0.3) is 0 Å². The Bertz CT molecular complexity index is 302. The summed E-state index contributed by atoms with van der Waals surface area (Å²) in [5.41, 5.74) is 4.44. The normalized spacial score (nSPS) is 18.9. The molecular formula is C10H18N2O4. The molecule has 0 saturated carbocycles. The fraction of sp³-hybridized carbons (Fsp3) is 0.800. The molecule has 0 aromatic rings. The molecule has 1 amide bonds. The van der Waals surface area contributed by atoms with E-state index in [1.807, 2.05) is 20.8 Å². The average Bonchev–Trinajstić information content (AvgIpc) is 2.07. The Balaban J connectivity index is 2.42. The van der Waals surface area contributed by atoms with E-state index < -0.39 is 17.6 Å². The second-order valence-electron chi connectivity index (χ2n) is 5.43. The molecule has 16 heavy (non-hydrogen) atoms.